The number of hydrogen-bond donors (Lipinski definition) is 0. The summed E-state index contributed by atoms with van der Waals surface area (Å²) in [6.07, 6.45) is 5.16. The van der Waals surface area contributed by atoms with Gasteiger partial charge in [0.2, 0.25) is 0 Å². The molecule has 0 spiro atoms. The summed E-state index contributed by atoms with van der Waals surface area (Å²) in [6, 6.07) is 6.64. The predicted molar refractivity (Wildman–Crippen MR) is 64.7 cm³/mol. The van der Waals surface area contributed by atoms with Crippen LogP contribution >= 0.6 is 15.9 Å². The van der Waals surface area contributed by atoms with E-state index in [2.05, 4.69) is 48.0 Å². The summed E-state index contributed by atoms with van der Waals surface area (Å²) in [5.74, 6) is 0. The first-order chi connectivity index (χ1) is 6.67. The number of halogens is 1. The SMILES string of the molecule is CCC1(C)CCCc2c(Br)cccc21. The lowest BCUT2D eigenvalue weighted by Crippen LogP contribution is -2.26. The molecule has 0 radical (unpaired) electrons. The minimum atomic E-state index is 0.414. The van der Waals surface area contributed by atoms with Gasteiger partial charge in [0.1, 0.15) is 0 Å². The fourth-order valence-electron chi connectivity index (χ4n) is 2.54. The summed E-state index contributed by atoms with van der Waals surface area (Å²) in [6.45, 7) is 4.70. The third-order valence-electron chi connectivity index (χ3n) is 3.70. The molecule has 0 bridgehead atoms. The molecule has 1 atom stereocenters. The molecule has 1 aliphatic carbocycles. The first kappa shape index (κ1) is 10.2. The van der Waals surface area contributed by atoms with Gasteiger partial charge in [0.25, 0.3) is 0 Å². The fraction of sp³-hybridized carbons (Fsp3) is 0.538. The quantitative estimate of drug-likeness (QED) is 0.693. The maximum Gasteiger partial charge on any atom is 0.0210 e. The molecule has 0 aromatic heterocycles. The van der Waals surface area contributed by atoms with Crippen LogP contribution in [-0.4, -0.2) is 0 Å². The average Bonchev–Trinajstić information content (AvgIpc) is 2.20. The second kappa shape index (κ2) is 3.69. The van der Waals surface area contributed by atoms with E-state index in [4.69, 9.17) is 0 Å². The molecule has 14 heavy (non-hydrogen) atoms. The summed E-state index contributed by atoms with van der Waals surface area (Å²) in [5, 5.41) is 0. The van der Waals surface area contributed by atoms with Gasteiger partial charge < -0.3 is 0 Å². The molecule has 0 aliphatic heterocycles. The highest BCUT2D eigenvalue weighted by Gasteiger charge is 2.30. The van der Waals surface area contributed by atoms with Crippen molar-refractivity contribution in [1.82, 2.24) is 0 Å². The lowest BCUT2D eigenvalue weighted by atomic mass is 9.70. The molecule has 1 aromatic carbocycles. The monoisotopic (exact) mass is 252 g/mol. The van der Waals surface area contributed by atoms with E-state index in [1.807, 2.05) is 0 Å². The van der Waals surface area contributed by atoms with Crippen molar-refractivity contribution in [2.75, 3.05) is 0 Å². The van der Waals surface area contributed by atoms with Crippen molar-refractivity contribution < 1.29 is 0 Å². The van der Waals surface area contributed by atoms with Crippen LogP contribution in [0.25, 0.3) is 0 Å². The molecule has 76 valence electrons. The van der Waals surface area contributed by atoms with Gasteiger partial charge in [-0.1, -0.05) is 41.9 Å². The van der Waals surface area contributed by atoms with Crippen LogP contribution in [0.3, 0.4) is 0 Å². The second-order valence-corrected chi connectivity index (χ2v) is 5.39. The molecule has 1 heteroatoms. The van der Waals surface area contributed by atoms with Crippen LogP contribution in [-0.2, 0) is 11.8 Å². The predicted octanol–water partition coefficient (Wildman–Crippen LogP) is 4.45. The van der Waals surface area contributed by atoms with Gasteiger partial charge in [-0.05, 0) is 48.3 Å². The van der Waals surface area contributed by atoms with E-state index in [-0.39, 0.29) is 0 Å². The van der Waals surface area contributed by atoms with Crippen LogP contribution in [0.2, 0.25) is 0 Å². The van der Waals surface area contributed by atoms with Crippen LogP contribution in [0.4, 0.5) is 0 Å². The maximum absolute atomic E-state index is 3.66. The second-order valence-electron chi connectivity index (χ2n) is 4.53. The molecule has 0 fully saturated rings. The van der Waals surface area contributed by atoms with E-state index < -0.39 is 0 Å². The Bertz CT molecular complexity index is 343. The van der Waals surface area contributed by atoms with Crippen molar-refractivity contribution in [3.8, 4) is 0 Å². The van der Waals surface area contributed by atoms with Gasteiger partial charge in [0.05, 0.1) is 0 Å². The molecule has 2 rings (SSSR count). The van der Waals surface area contributed by atoms with Crippen molar-refractivity contribution >= 4 is 15.9 Å². The molecule has 1 unspecified atom stereocenters. The molecule has 0 amide bonds. The van der Waals surface area contributed by atoms with Gasteiger partial charge in [-0.2, -0.15) is 0 Å². The lowest BCUT2D eigenvalue weighted by molar-refractivity contribution is 0.381. The van der Waals surface area contributed by atoms with Crippen molar-refractivity contribution in [2.45, 2.75) is 44.9 Å². The van der Waals surface area contributed by atoms with Gasteiger partial charge in [-0.3, -0.25) is 0 Å². The highest BCUT2D eigenvalue weighted by Crippen LogP contribution is 2.41. The summed E-state index contributed by atoms with van der Waals surface area (Å²) in [4.78, 5) is 0. The van der Waals surface area contributed by atoms with E-state index in [0.29, 0.717) is 5.41 Å². The summed E-state index contributed by atoms with van der Waals surface area (Å²) in [5.41, 5.74) is 3.53. The third kappa shape index (κ3) is 1.52. The standard InChI is InChI=1S/C13H17Br/c1-3-13(2)9-5-6-10-11(13)7-4-8-12(10)14/h4,7-8H,3,5-6,9H2,1-2H3. The van der Waals surface area contributed by atoms with Crippen LogP contribution in [0, 0.1) is 0 Å². The molecule has 0 saturated heterocycles. The maximum atomic E-state index is 3.66. The van der Waals surface area contributed by atoms with Crippen molar-refractivity contribution in [1.29, 1.82) is 0 Å². The van der Waals surface area contributed by atoms with E-state index in [1.54, 1.807) is 11.1 Å². The van der Waals surface area contributed by atoms with Gasteiger partial charge in [-0.25, -0.2) is 0 Å². The smallest absolute Gasteiger partial charge is 0.0210 e. The Morgan fingerprint density at radius 1 is 1.43 bits per heavy atom. The summed E-state index contributed by atoms with van der Waals surface area (Å²) in [7, 11) is 0. The highest BCUT2D eigenvalue weighted by molar-refractivity contribution is 9.10. The summed E-state index contributed by atoms with van der Waals surface area (Å²) >= 11 is 3.66. The van der Waals surface area contributed by atoms with E-state index in [1.165, 1.54) is 30.2 Å². The zero-order chi connectivity index (χ0) is 10.2. The van der Waals surface area contributed by atoms with Crippen LogP contribution in [0.1, 0.15) is 44.2 Å². The molecule has 1 aliphatic rings. The molecule has 0 N–H and O–H groups in total. The van der Waals surface area contributed by atoms with Crippen molar-refractivity contribution in [3.63, 3.8) is 0 Å². The lowest BCUT2D eigenvalue weighted by Gasteiger charge is -2.35. The van der Waals surface area contributed by atoms with Crippen LogP contribution in [0.5, 0.6) is 0 Å². The molecule has 1 aromatic rings. The third-order valence-corrected chi connectivity index (χ3v) is 4.45. The number of hydrogen-bond acceptors (Lipinski definition) is 0. The van der Waals surface area contributed by atoms with E-state index in [0.717, 1.165) is 0 Å². The topological polar surface area (TPSA) is 0 Å². The Kier molecular flexibility index (Phi) is 2.70. The summed E-state index contributed by atoms with van der Waals surface area (Å²) < 4.78 is 1.30. The van der Waals surface area contributed by atoms with Gasteiger partial charge in [0, 0.05) is 4.47 Å². The Morgan fingerprint density at radius 2 is 2.21 bits per heavy atom. The molecular formula is C13H17Br. The Morgan fingerprint density at radius 3 is 2.93 bits per heavy atom. The van der Waals surface area contributed by atoms with Gasteiger partial charge in [0.15, 0.2) is 0 Å². The fourth-order valence-corrected chi connectivity index (χ4v) is 3.10. The zero-order valence-electron chi connectivity index (χ0n) is 8.94. The highest BCUT2D eigenvalue weighted by atomic mass is 79.9. The normalized spacial score (nSPS) is 25.9. The van der Waals surface area contributed by atoms with Crippen LogP contribution < -0.4 is 0 Å². The first-order valence-corrected chi connectivity index (χ1v) is 6.24. The minimum absolute atomic E-state index is 0.414. The molecule has 0 saturated carbocycles. The van der Waals surface area contributed by atoms with Crippen molar-refractivity contribution in [2.24, 2.45) is 0 Å². The van der Waals surface area contributed by atoms with Gasteiger partial charge >= 0.3 is 0 Å². The van der Waals surface area contributed by atoms with Crippen LogP contribution in [0.15, 0.2) is 22.7 Å². The van der Waals surface area contributed by atoms with Gasteiger partial charge in [-0.15, -0.1) is 0 Å². The number of benzene rings is 1. The molecule has 0 nitrogen and oxygen atoms in total. The molecule has 0 heterocycles. The minimum Gasteiger partial charge on any atom is -0.0645 e. The average molecular weight is 253 g/mol. The Labute approximate surface area is 94.8 Å². The zero-order valence-corrected chi connectivity index (χ0v) is 10.5. The number of fused-ring (bicyclic) bond motifs is 1. The first-order valence-electron chi connectivity index (χ1n) is 5.45. The number of rotatable bonds is 1. The Hall–Kier alpha value is -0.300. The van der Waals surface area contributed by atoms with E-state index in [9.17, 15) is 0 Å². The molecular weight excluding hydrogens is 236 g/mol. The largest absolute Gasteiger partial charge is 0.0645 e. The Balaban J connectivity index is 2.55. The van der Waals surface area contributed by atoms with Crippen molar-refractivity contribution in [3.05, 3.63) is 33.8 Å². The van der Waals surface area contributed by atoms with E-state index >= 15 is 0 Å².